The fourth-order valence-electron chi connectivity index (χ4n) is 6.25. The maximum atomic E-state index is 5.58. The van der Waals surface area contributed by atoms with E-state index < -0.39 is 0 Å². The summed E-state index contributed by atoms with van der Waals surface area (Å²) in [7, 11) is 2.35. The summed E-state index contributed by atoms with van der Waals surface area (Å²) in [6.07, 6.45) is 11.5. The Balaban J connectivity index is 1.38. The molecule has 25 heavy (non-hydrogen) atoms. The van der Waals surface area contributed by atoms with Crippen LogP contribution in [0.25, 0.3) is 0 Å². The Morgan fingerprint density at radius 1 is 0.840 bits per heavy atom. The van der Waals surface area contributed by atoms with Gasteiger partial charge in [-0.2, -0.15) is 0 Å². The van der Waals surface area contributed by atoms with Gasteiger partial charge in [0.25, 0.3) is 0 Å². The largest absolute Gasteiger partial charge is 0.379 e. The zero-order valence-corrected chi connectivity index (χ0v) is 16.4. The molecule has 0 aromatic rings. The Morgan fingerprint density at radius 3 is 2.40 bits per heavy atom. The Bertz CT molecular complexity index is 417. The average Bonchev–Trinajstić information content (AvgIpc) is 2.63. The summed E-state index contributed by atoms with van der Waals surface area (Å²) in [5, 5.41) is 0. The van der Waals surface area contributed by atoms with Crippen LogP contribution in [0.2, 0.25) is 0 Å². The first kappa shape index (κ1) is 18.2. The van der Waals surface area contributed by atoms with Gasteiger partial charge >= 0.3 is 0 Å². The Morgan fingerprint density at radius 2 is 1.60 bits per heavy atom. The molecule has 3 aliphatic heterocycles. The van der Waals surface area contributed by atoms with E-state index in [0.717, 1.165) is 38.3 Å². The molecule has 0 spiro atoms. The number of hydrogen-bond donors (Lipinski definition) is 0. The highest BCUT2D eigenvalue weighted by Gasteiger charge is 2.40. The van der Waals surface area contributed by atoms with Crippen molar-refractivity contribution >= 4 is 0 Å². The highest BCUT2D eigenvalue weighted by atomic mass is 16.5. The lowest BCUT2D eigenvalue weighted by Gasteiger charge is -2.50. The van der Waals surface area contributed by atoms with Crippen LogP contribution in [-0.4, -0.2) is 86.8 Å². The predicted molar refractivity (Wildman–Crippen MR) is 103 cm³/mol. The van der Waals surface area contributed by atoms with Gasteiger partial charge in [-0.05, 0) is 63.6 Å². The molecule has 0 amide bonds. The summed E-state index contributed by atoms with van der Waals surface area (Å²) in [6, 6.07) is 0.867. The topological polar surface area (TPSA) is 19.0 Å². The molecule has 4 heteroatoms. The van der Waals surface area contributed by atoms with E-state index in [1.807, 2.05) is 0 Å². The normalized spacial score (nSPS) is 35.4. The molecule has 4 aliphatic rings. The standard InChI is InChI=1S/C21H39N3O/c1-22-10-5-6-19-16-24(11-7-20(19)22)18-21(8-3-2-4-9-21)17-23-12-14-25-15-13-23/h19-20H,2-18H2,1H3/t19-,20-/m1/s1. The van der Waals surface area contributed by atoms with Gasteiger partial charge in [0.05, 0.1) is 13.2 Å². The van der Waals surface area contributed by atoms with Crippen LogP contribution < -0.4 is 0 Å². The van der Waals surface area contributed by atoms with Crippen molar-refractivity contribution in [2.75, 3.05) is 66.1 Å². The Labute approximate surface area is 154 Å². The predicted octanol–water partition coefficient (Wildman–Crippen LogP) is 2.69. The number of ether oxygens (including phenoxy) is 1. The van der Waals surface area contributed by atoms with Crippen LogP contribution in [-0.2, 0) is 4.74 Å². The smallest absolute Gasteiger partial charge is 0.0594 e. The van der Waals surface area contributed by atoms with Gasteiger partial charge in [0.15, 0.2) is 0 Å². The van der Waals surface area contributed by atoms with Crippen LogP contribution in [0.3, 0.4) is 0 Å². The first-order chi connectivity index (χ1) is 12.2. The van der Waals surface area contributed by atoms with Gasteiger partial charge in [0.2, 0.25) is 0 Å². The minimum atomic E-state index is 0.559. The third kappa shape index (κ3) is 4.40. The molecule has 0 bridgehead atoms. The van der Waals surface area contributed by atoms with Gasteiger partial charge < -0.3 is 14.5 Å². The van der Waals surface area contributed by atoms with Gasteiger partial charge in [-0.25, -0.2) is 0 Å². The third-order valence-electron chi connectivity index (χ3n) is 7.57. The van der Waals surface area contributed by atoms with E-state index in [1.54, 1.807) is 0 Å². The van der Waals surface area contributed by atoms with E-state index in [4.69, 9.17) is 4.74 Å². The molecular weight excluding hydrogens is 310 g/mol. The van der Waals surface area contributed by atoms with E-state index >= 15 is 0 Å². The van der Waals surface area contributed by atoms with E-state index in [-0.39, 0.29) is 0 Å². The van der Waals surface area contributed by atoms with Crippen LogP contribution in [0.1, 0.15) is 51.4 Å². The first-order valence-electron chi connectivity index (χ1n) is 11.0. The Hall–Kier alpha value is -0.160. The lowest BCUT2D eigenvalue weighted by atomic mass is 9.72. The van der Waals surface area contributed by atoms with E-state index in [0.29, 0.717) is 5.41 Å². The minimum absolute atomic E-state index is 0.559. The maximum absolute atomic E-state index is 5.58. The van der Waals surface area contributed by atoms with Crippen LogP contribution in [0.15, 0.2) is 0 Å². The molecule has 0 radical (unpaired) electrons. The second-order valence-electron chi connectivity index (χ2n) is 9.42. The molecule has 1 aliphatic carbocycles. The van der Waals surface area contributed by atoms with Gasteiger partial charge in [0, 0.05) is 38.8 Å². The highest BCUT2D eigenvalue weighted by Crippen LogP contribution is 2.39. The maximum Gasteiger partial charge on any atom is 0.0594 e. The summed E-state index contributed by atoms with van der Waals surface area (Å²) in [5.74, 6) is 0.927. The summed E-state index contributed by atoms with van der Waals surface area (Å²) >= 11 is 0. The third-order valence-corrected chi connectivity index (χ3v) is 7.57. The summed E-state index contributed by atoms with van der Waals surface area (Å²) in [4.78, 5) is 8.22. The van der Waals surface area contributed by atoms with Gasteiger partial charge in [-0.1, -0.05) is 19.3 Å². The van der Waals surface area contributed by atoms with Crippen molar-refractivity contribution in [2.24, 2.45) is 11.3 Å². The molecule has 144 valence electrons. The molecule has 0 unspecified atom stereocenters. The number of morpholine rings is 1. The summed E-state index contributed by atoms with van der Waals surface area (Å²) in [6.45, 7) is 10.9. The SMILES string of the molecule is CN1CCC[C@@H]2CN(CC3(CN4CCOCC4)CCCCC3)CC[C@H]21. The van der Waals surface area contributed by atoms with Crippen molar-refractivity contribution in [3.63, 3.8) is 0 Å². The van der Waals surface area contributed by atoms with Crippen molar-refractivity contribution in [3.05, 3.63) is 0 Å². The zero-order valence-electron chi connectivity index (χ0n) is 16.4. The molecule has 0 aromatic carbocycles. The average molecular weight is 350 g/mol. The lowest BCUT2D eigenvalue weighted by molar-refractivity contribution is -0.0213. The summed E-state index contributed by atoms with van der Waals surface area (Å²) in [5.41, 5.74) is 0.559. The minimum Gasteiger partial charge on any atom is -0.379 e. The number of hydrogen-bond acceptors (Lipinski definition) is 4. The number of rotatable bonds is 4. The second-order valence-corrected chi connectivity index (χ2v) is 9.42. The molecule has 2 atom stereocenters. The van der Waals surface area contributed by atoms with Crippen molar-refractivity contribution in [1.29, 1.82) is 0 Å². The number of fused-ring (bicyclic) bond motifs is 1. The zero-order chi connectivity index (χ0) is 17.1. The summed E-state index contributed by atoms with van der Waals surface area (Å²) < 4.78 is 5.58. The number of nitrogens with zero attached hydrogens (tertiary/aromatic N) is 3. The van der Waals surface area contributed by atoms with E-state index in [2.05, 4.69) is 21.7 Å². The van der Waals surface area contributed by atoms with E-state index in [9.17, 15) is 0 Å². The van der Waals surface area contributed by atoms with Crippen LogP contribution in [0.5, 0.6) is 0 Å². The van der Waals surface area contributed by atoms with Crippen molar-refractivity contribution in [1.82, 2.24) is 14.7 Å². The van der Waals surface area contributed by atoms with Gasteiger partial charge in [-0.3, -0.25) is 4.90 Å². The molecule has 3 heterocycles. The molecule has 0 aromatic heterocycles. The van der Waals surface area contributed by atoms with Crippen LogP contribution in [0.4, 0.5) is 0 Å². The second kappa shape index (κ2) is 8.24. The molecule has 0 N–H and O–H groups in total. The van der Waals surface area contributed by atoms with Crippen LogP contribution in [0, 0.1) is 11.3 Å². The Kier molecular flexibility index (Phi) is 6.01. The molecular formula is C21H39N3O. The van der Waals surface area contributed by atoms with Crippen molar-refractivity contribution in [2.45, 2.75) is 57.4 Å². The molecule has 1 saturated carbocycles. The number of likely N-dealkylation sites (tertiary alicyclic amines) is 2. The van der Waals surface area contributed by atoms with Crippen molar-refractivity contribution in [3.8, 4) is 0 Å². The van der Waals surface area contributed by atoms with E-state index in [1.165, 1.54) is 84.1 Å². The molecule has 4 fully saturated rings. The van der Waals surface area contributed by atoms with Gasteiger partial charge in [-0.15, -0.1) is 0 Å². The van der Waals surface area contributed by atoms with Crippen LogP contribution >= 0.6 is 0 Å². The van der Waals surface area contributed by atoms with Gasteiger partial charge in [0.1, 0.15) is 0 Å². The monoisotopic (exact) mass is 349 g/mol. The highest BCUT2D eigenvalue weighted by molar-refractivity contribution is 4.94. The fraction of sp³-hybridized carbons (Fsp3) is 1.00. The molecule has 3 saturated heterocycles. The number of piperidine rings is 2. The molecule has 4 rings (SSSR count). The molecule has 4 nitrogen and oxygen atoms in total. The van der Waals surface area contributed by atoms with Crippen molar-refractivity contribution < 1.29 is 4.74 Å². The first-order valence-corrected chi connectivity index (χ1v) is 11.0. The lowest BCUT2D eigenvalue weighted by Crippen LogP contribution is -2.56. The quantitative estimate of drug-likeness (QED) is 0.777. The fourth-order valence-corrected chi connectivity index (χ4v) is 6.25.